The van der Waals surface area contributed by atoms with E-state index >= 15 is 0 Å². The van der Waals surface area contributed by atoms with E-state index in [2.05, 4.69) is 5.32 Å². The van der Waals surface area contributed by atoms with Gasteiger partial charge in [-0.25, -0.2) is 0 Å². The van der Waals surface area contributed by atoms with Crippen molar-refractivity contribution >= 4 is 23.6 Å². The highest BCUT2D eigenvalue weighted by Gasteiger charge is 2.09. The first-order valence-electron chi connectivity index (χ1n) is 4.92. The van der Waals surface area contributed by atoms with E-state index in [1.165, 1.54) is 24.3 Å². The summed E-state index contributed by atoms with van der Waals surface area (Å²) in [6.07, 6.45) is 2.31. The van der Waals surface area contributed by atoms with Gasteiger partial charge in [-0.15, -0.1) is 0 Å². The lowest BCUT2D eigenvalue weighted by Gasteiger charge is -1.97. The van der Waals surface area contributed by atoms with Crippen molar-refractivity contribution in [3.05, 3.63) is 46.0 Å². The van der Waals surface area contributed by atoms with Crippen LogP contribution in [0.15, 0.2) is 30.3 Å². The molecule has 94 valence electrons. The van der Waals surface area contributed by atoms with E-state index in [-0.39, 0.29) is 11.3 Å². The highest BCUT2D eigenvalue weighted by Crippen LogP contribution is 2.18. The fourth-order valence-electron chi connectivity index (χ4n) is 1.18. The van der Waals surface area contributed by atoms with Gasteiger partial charge >= 0.3 is 5.97 Å². The number of nitro benzene ring substituents is 1. The molecule has 0 aromatic heterocycles. The number of hydrogen-bond acceptors (Lipinski definition) is 4. The summed E-state index contributed by atoms with van der Waals surface area (Å²) in [6, 6.07) is 5.91. The zero-order chi connectivity index (χ0) is 13.5. The predicted octanol–water partition coefficient (Wildman–Crippen LogP) is 0.809. The second-order valence-corrected chi connectivity index (χ2v) is 3.26. The third-order valence-corrected chi connectivity index (χ3v) is 1.96. The van der Waals surface area contributed by atoms with E-state index in [9.17, 15) is 19.7 Å². The number of rotatable bonds is 5. The van der Waals surface area contributed by atoms with Gasteiger partial charge in [0, 0.05) is 12.1 Å². The van der Waals surface area contributed by atoms with Gasteiger partial charge in [0.15, 0.2) is 0 Å². The summed E-state index contributed by atoms with van der Waals surface area (Å²) in [5.41, 5.74) is 0.146. The van der Waals surface area contributed by atoms with Crippen LogP contribution in [0.2, 0.25) is 0 Å². The number of aliphatic carboxylic acids is 1. The zero-order valence-electron chi connectivity index (χ0n) is 9.20. The number of para-hydroxylation sites is 1. The van der Waals surface area contributed by atoms with Crippen LogP contribution in [0, 0.1) is 10.1 Å². The van der Waals surface area contributed by atoms with Gasteiger partial charge in [-0.3, -0.25) is 19.7 Å². The van der Waals surface area contributed by atoms with Crippen molar-refractivity contribution in [2.24, 2.45) is 0 Å². The van der Waals surface area contributed by atoms with E-state index < -0.39 is 23.3 Å². The largest absolute Gasteiger partial charge is 0.480 e. The molecule has 0 aliphatic rings. The van der Waals surface area contributed by atoms with Crippen molar-refractivity contribution in [1.29, 1.82) is 0 Å². The molecule has 0 atom stereocenters. The number of nitrogens with one attached hydrogen (secondary N) is 1. The van der Waals surface area contributed by atoms with Gasteiger partial charge in [0.1, 0.15) is 6.54 Å². The van der Waals surface area contributed by atoms with Crippen LogP contribution in [-0.4, -0.2) is 28.5 Å². The lowest BCUT2D eigenvalue weighted by Crippen LogP contribution is -2.27. The van der Waals surface area contributed by atoms with Crippen LogP contribution in [0.1, 0.15) is 5.56 Å². The van der Waals surface area contributed by atoms with Gasteiger partial charge in [0.05, 0.1) is 10.5 Å². The van der Waals surface area contributed by atoms with Crippen LogP contribution in [0.4, 0.5) is 5.69 Å². The second-order valence-electron chi connectivity index (χ2n) is 3.26. The lowest BCUT2D eigenvalue weighted by atomic mass is 10.1. The highest BCUT2D eigenvalue weighted by molar-refractivity contribution is 5.93. The molecule has 0 aliphatic carbocycles. The van der Waals surface area contributed by atoms with Crippen molar-refractivity contribution < 1.29 is 19.6 Å². The Kier molecular flexibility index (Phi) is 4.56. The maximum atomic E-state index is 11.2. The minimum atomic E-state index is -1.16. The average Bonchev–Trinajstić information content (AvgIpc) is 2.34. The minimum Gasteiger partial charge on any atom is -0.480 e. The third-order valence-electron chi connectivity index (χ3n) is 1.96. The van der Waals surface area contributed by atoms with Gasteiger partial charge < -0.3 is 10.4 Å². The molecule has 1 amide bonds. The number of benzene rings is 1. The molecule has 0 fully saturated rings. The SMILES string of the molecule is O=C(O)CNC(=O)/C=C/c1ccccc1[N+](=O)[O-]. The summed E-state index contributed by atoms with van der Waals surface area (Å²) >= 11 is 0. The molecular formula is C11H10N2O5. The van der Waals surface area contributed by atoms with Crippen molar-refractivity contribution in [2.45, 2.75) is 0 Å². The average molecular weight is 250 g/mol. The van der Waals surface area contributed by atoms with Crippen LogP contribution in [0.25, 0.3) is 6.08 Å². The molecule has 0 bridgehead atoms. The Hall–Kier alpha value is -2.70. The topological polar surface area (TPSA) is 110 Å². The summed E-state index contributed by atoms with van der Waals surface area (Å²) in [4.78, 5) is 31.5. The van der Waals surface area contributed by atoms with Crippen LogP contribution >= 0.6 is 0 Å². The molecule has 0 aliphatic heterocycles. The lowest BCUT2D eigenvalue weighted by molar-refractivity contribution is -0.385. The molecule has 1 rings (SSSR count). The van der Waals surface area contributed by atoms with Gasteiger partial charge in [-0.05, 0) is 12.1 Å². The maximum Gasteiger partial charge on any atom is 0.322 e. The van der Waals surface area contributed by atoms with Gasteiger partial charge in [0.2, 0.25) is 5.91 Å². The number of nitrogens with zero attached hydrogens (tertiary/aromatic N) is 1. The smallest absolute Gasteiger partial charge is 0.322 e. The molecule has 0 radical (unpaired) electrons. The molecule has 7 heteroatoms. The Morgan fingerprint density at radius 2 is 2.06 bits per heavy atom. The quantitative estimate of drug-likeness (QED) is 0.456. The van der Waals surface area contributed by atoms with Crippen LogP contribution in [0.3, 0.4) is 0 Å². The van der Waals surface area contributed by atoms with Gasteiger partial charge in [-0.2, -0.15) is 0 Å². The Balaban J connectivity index is 2.75. The maximum absolute atomic E-state index is 11.2. The fraction of sp³-hybridized carbons (Fsp3) is 0.0909. The number of amides is 1. The third kappa shape index (κ3) is 4.05. The van der Waals surface area contributed by atoms with E-state index in [4.69, 9.17) is 5.11 Å². The summed E-state index contributed by atoms with van der Waals surface area (Å²) in [6.45, 7) is -0.500. The molecule has 0 unspecified atom stereocenters. The Morgan fingerprint density at radius 1 is 1.39 bits per heavy atom. The van der Waals surface area contributed by atoms with Gasteiger partial charge in [0.25, 0.3) is 5.69 Å². The molecule has 0 spiro atoms. The molecule has 1 aromatic rings. The standard InChI is InChI=1S/C11H10N2O5/c14-10(12-7-11(15)16)6-5-8-3-1-2-4-9(8)13(17)18/h1-6H,7H2,(H,12,14)(H,15,16)/b6-5+. The van der Waals surface area contributed by atoms with E-state index in [0.29, 0.717) is 0 Å². The minimum absolute atomic E-state index is 0.125. The Bertz CT molecular complexity index is 510. The van der Waals surface area contributed by atoms with Crippen molar-refractivity contribution in [3.8, 4) is 0 Å². The van der Waals surface area contributed by atoms with Crippen molar-refractivity contribution in [2.75, 3.05) is 6.54 Å². The summed E-state index contributed by atoms with van der Waals surface area (Å²) in [5.74, 6) is -1.79. The van der Waals surface area contributed by atoms with E-state index in [1.807, 2.05) is 0 Å². The predicted molar refractivity (Wildman–Crippen MR) is 62.8 cm³/mol. The molecule has 0 saturated carbocycles. The highest BCUT2D eigenvalue weighted by atomic mass is 16.6. The molecule has 7 nitrogen and oxygen atoms in total. The first-order valence-corrected chi connectivity index (χ1v) is 4.92. The molecule has 0 heterocycles. The monoisotopic (exact) mass is 250 g/mol. The number of carbonyl (C=O) groups is 2. The zero-order valence-corrected chi connectivity index (χ0v) is 9.20. The van der Waals surface area contributed by atoms with Crippen molar-refractivity contribution in [3.63, 3.8) is 0 Å². The normalized spacial score (nSPS) is 10.2. The number of hydrogen-bond donors (Lipinski definition) is 2. The molecule has 18 heavy (non-hydrogen) atoms. The van der Waals surface area contributed by atoms with Gasteiger partial charge in [-0.1, -0.05) is 12.1 Å². The first-order chi connectivity index (χ1) is 8.50. The van der Waals surface area contributed by atoms with Crippen LogP contribution in [0.5, 0.6) is 0 Å². The number of carbonyl (C=O) groups excluding carboxylic acids is 1. The second kappa shape index (κ2) is 6.14. The summed E-state index contributed by atoms with van der Waals surface area (Å²) in [7, 11) is 0. The van der Waals surface area contributed by atoms with Crippen LogP contribution < -0.4 is 5.32 Å². The first kappa shape index (κ1) is 13.4. The fourth-order valence-corrected chi connectivity index (χ4v) is 1.18. The molecule has 2 N–H and O–H groups in total. The van der Waals surface area contributed by atoms with E-state index in [1.54, 1.807) is 6.07 Å². The summed E-state index contributed by atoms with van der Waals surface area (Å²) in [5, 5.41) is 21.1. The molecule has 0 saturated heterocycles. The molecule has 1 aromatic carbocycles. The number of carboxylic acids is 1. The number of carboxylic acid groups (broad SMARTS) is 1. The van der Waals surface area contributed by atoms with Crippen LogP contribution in [-0.2, 0) is 9.59 Å². The molecular weight excluding hydrogens is 240 g/mol. The Morgan fingerprint density at radius 3 is 2.67 bits per heavy atom. The Labute approximate surface area is 102 Å². The van der Waals surface area contributed by atoms with Crippen molar-refractivity contribution in [1.82, 2.24) is 5.32 Å². The van der Waals surface area contributed by atoms with E-state index in [0.717, 1.165) is 6.08 Å². The number of nitro groups is 1. The summed E-state index contributed by atoms with van der Waals surface area (Å²) < 4.78 is 0.